The number of para-hydroxylation sites is 1. The van der Waals surface area contributed by atoms with Crippen molar-refractivity contribution in [1.82, 2.24) is 5.43 Å². The first kappa shape index (κ1) is 11.7. The molecule has 4 heteroatoms. The third kappa shape index (κ3) is 3.07. The first-order valence-corrected chi connectivity index (χ1v) is 5.85. The molecule has 0 unspecified atom stereocenters. The number of carbonyl (C=O) groups excluding carboxylic acids is 1. The molecular formula is C13H11BrN2O. The number of benzene rings is 2. The van der Waals surface area contributed by atoms with E-state index in [2.05, 4.69) is 21.6 Å². The summed E-state index contributed by atoms with van der Waals surface area (Å²) in [6.07, 6.45) is 0. The average Bonchev–Trinajstić information content (AvgIpc) is 2.40. The molecule has 1 N–H and O–H groups in total. The van der Waals surface area contributed by atoms with Crippen LogP contribution in [0.15, 0.2) is 60.7 Å². The van der Waals surface area contributed by atoms with E-state index in [9.17, 15) is 4.79 Å². The summed E-state index contributed by atoms with van der Waals surface area (Å²) in [7, 11) is 0. The van der Waals surface area contributed by atoms with Crippen molar-refractivity contribution in [3.63, 3.8) is 0 Å². The summed E-state index contributed by atoms with van der Waals surface area (Å²) in [5.41, 5.74) is 4.20. The Hall–Kier alpha value is -1.81. The summed E-state index contributed by atoms with van der Waals surface area (Å²) in [6.45, 7) is 0. The van der Waals surface area contributed by atoms with Gasteiger partial charge in [0.05, 0.1) is 21.8 Å². The normalized spacial score (nSPS) is 9.71. The van der Waals surface area contributed by atoms with Crippen LogP contribution in [-0.4, -0.2) is 5.91 Å². The second-order valence-corrected chi connectivity index (χ2v) is 4.13. The largest absolute Gasteiger partial charge is 0.270 e. The molecule has 0 aliphatic heterocycles. The van der Waals surface area contributed by atoms with E-state index in [-0.39, 0.29) is 5.91 Å². The van der Waals surface area contributed by atoms with E-state index in [1.807, 2.05) is 48.5 Å². The van der Waals surface area contributed by atoms with Gasteiger partial charge in [0.15, 0.2) is 0 Å². The van der Waals surface area contributed by atoms with Gasteiger partial charge >= 0.3 is 0 Å². The maximum Gasteiger partial charge on any atom is 0.270 e. The van der Waals surface area contributed by atoms with Crippen LogP contribution in [0.1, 0.15) is 10.4 Å². The summed E-state index contributed by atoms with van der Waals surface area (Å²) in [5, 5.41) is 0. The van der Waals surface area contributed by atoms with Crippen LogP contribution in [-0.2, 0) is 0 Å². The van der Waals surface area contributed by atoms with Gasteiger partial charge in [-0.05, 0) is 24.3 Å². The Bertz CT molecular complexity index is 487. The standard InChI is InChI=1S/C13H11BrN2O/c14-16(12-9-5-2-6-10-12)15-13(17)11-7-3-1-4-8-11/h1-10H,(H,15,17). The Morgan fingerprint density at radius 2 is 1.47 bits per heavy atom. The fourth-order valence-electron chi connectivity index (χ4n) is 1.37. The van der Waals surface area contributed by atoms with Gasteiger partial charge in [-0.1, -0.05) is 36.4 Å². The molecule has 0 aliphatic carbocycles. The molecule has 0 aromatic heterocycles. The van der Waals surface area contributed by atoms with Crippen molar-refractivity contribution in [2.75, 3.05) is 4.03 Å². The average molecular weight is 291 g/mol. The Morgan fingerprint density at radius 1 is 0.941 bits per heavy atom. The number of nitrogens with zero attached hydrogens (tertiary/aromatic N) is 1. The zero-order chi connectivity index (χ0) is 12.1. The van der Waals surface area contributed by atoms with E-state index < -0.39 is 0 Å². The lowest BCUT2D eigenvalue weighted by Gasteiger charge is -2.17. The highest BCUT2D eigenvalue weighted by molar-refractivity contribution is 9.10. The van der Waals surface area contributed by atoms with Crippen molar-refractivity contribution in [3.8, 4) is 0 Å². The molecule has 0 heterocycles. The Labute approximate surface area is 108 Å². The molecule has 0 fully saturated rings. The fourth-order valence-corrected chi connectivity index (χ4v) is 1.76. The molecule has 0 spiro atoms. The van der Waals surface area contributed by atoms with E-state index >= 15 is 0 Å². The summed E-state index contributed by atoms with van der Waals surface area (Å²) >= 11 is 3.29. The van der Waals surface area contributed by atoms with Gasteiger partial charge in [-0.25, -0.2) is 4.03 Å². The van der Waals surface area contributed by atoms with Gasteiger partial charge in [0.1, 0.15) is 0 Å². The highest BCUT2D eigenvalue weighted by atomic mass is 79.9. The summed E-state index contributed by atoms with van der Waals surface area (Å²) in [6, 6.07) is 18.6. The van der Waals surface area contributed by atoms with Crippen LogP contribution in [0, 0.1) is 0 Å². The second kappa shape index (κ2) is 5.50. The van der Waals surface area contributed by atoms with Crippen molar-refractivity contribution >= 4 is 27.7 Å². The molecule has 0 bridgehead atoms. The third-order valence-corrected chi connectivity index (χ3v) is 2.81. The summed E-state index contributed by atoms with van der Waals surface area (Å²) in [4.78, 5) is 11.8. The van der Waals surface area contributed by atoms with E-state index in [0.717, 1.165) is 5.69 Å². The van der Waals surface area contributed by atoms with Gasteiger partial charge in [-0.2, -0.15) is 0 Å². The monoisotopic (exact) mass is 290 g/mol. The molecule has 2 rings (SSSR count). The van der Waals surface area contributed by atoms with Crippen molar-refractivity contribution < 1.29 is 4.79 Å². The summed E-state index contributed by atoms with van der Waals surface area (Å²) in [5.74, 6) is -0.161. The van der Waals surface area contributed by atoms with Gasteiger partial charge in [0.25, 0.3) is 5.91 Å². The first-order valence-electron chi connectivity index (χ1n) is 5.14. The minimum Gasteiger partial charge on any atom is -0.267 e. The Balaban J connectivity index is 2.05. The van der Waals surface area contributed by atoms with Crippen LogP contribution in [0.3, 0.4) is 0 Å². The van der Waals surface area contributed by atoms with Crippen LogP contribution in [0.4, 0.5) is 5.69 Å². The predicted molar refractivity (Wildman–Crippen MR) is 71.8 cm³/mol. The van der Waals surface area contributed by atoms with Crippen molar-refractivity contribution in [2.24, 2.45) is 0 Å². The van der Waals surface area contributed by atoms with Gasteiger partial charge in [-0.3, -0.25) is 10.2 Å². The second-order valence-electron chi connectivity index (χ2n) is 3.42. The fraction of sp³-hybridized carbons (Fsp3) is 0. The molecule has 2 aromatic carbocycles. The minimum atomic E-state index is -0.161. The number of nitrogens with one attached hydrogen (secondary N) is 1. The van der Waals surface area contributed by atoms with E-state index in [4.69, 9.17) is 0 Å². The number of hydrogen-bond donors (Lipinski definition) is 1. The van der Waals surface area contributed by atoms with Gasteiger partial charge in [0, 0.05) is 5.56 Å². The molecule has 2 aromatic rings. The molecule has 0 saturated heterocycles. The molecule has 3 nitrogen and oxygen atoms in total. The van der Waals surface area contributed by atoms with Crippen LogP contribution in [0.25, 0.3) is 0 Å². The van der Waals surface area contributed by atoms with Crippen LogP contribution in [0.2, 0.25) is 0 Å². The molecule has 1 amide bonds. The zero-order valence-corrected chi connectivity index (χ0v) is 10.6. The topological polar surface area (TPSA) is 32.3 Å². The lowest BCUT2D eigenvalue weighted by molar-refractivity contribution is 0.0957. The van der Waals surface area contributed by atoms with Gasteiger partial charge < -0.3 is 0 Å². The molecule has 17 heavy (non-hydrogen) atoms. The molecule has 0 aliphatic rings. The minimum absolute atomic E-state index is 0.161. The van der Waals surface area contributed by atoms with E-state index in [1.54, 1.807) is 12.1 Å². The molecular weight excluding hydrogens is 280 g/mol. The number of rotatable bonds is 3. The Kier molecular flexibility index (Phi) is 3.77. The quantitative estimate of drug-likeness (QED) is 0.696. The van der Waals surface area contributed by atoms with E-state index in [0.29, 0.717) is 5.56 Å². The number of amides is 1. The first-order chi connectivity index (χ1) is 8.27. The van der Waals surface area contributed by atoms with Crippen LogP contribution in [0.5, 0.6) is 0 Å². The highest BCUT2D eigenvalue weighted by Gasteiger charge is 2.08. The SMILES string of the molecule is O=C(NN(Br)c1ccccc1)c1ccccc1. The molecule has 0 atom stereocenters. The molecule has 0 radical (unpaired) electrons. The number of hydrazine groups is 1. The smallest absolute Gasteiger partial charge is 0.267 e. The third-order valence-electron chi connectivity index (χ3n) is 2.22. The zero-order valence-electron chi connectivity index (χ0n) is 9.01. The predicted octanol–water partition coefficient (Wildman–Crippen LogP) is 3.15. The van der Waals surface area contributed by atoms with Crippen molar-refractivity contribution in [3.05, 3.63) is 66.2 Å². The van der Waals surface area contributed by atoms with Crippen molar-refractivity contribution in [1.29, 1.82) is 0 Å². The maximum absolute atomic E-state index is 11.8. The van der Waals surface area contributed by atoms with E-state index in [1.165, 1.54) is 4.03 Å². The molecule has 86 valence electrons. The number of hydrogen-bond acceptors (Lipinski definition) is 2. The van der Waals surface area contributed by atoms with Crippen LogP contribution < -0.4 is 9.46 Å². The number of anilines is 1. The molecule has 0 saturated carbocycles. The lowest BCUT2D eigenvalue weighted by atomic mass is 10.2. The summed E-state index contributed by atoms with van der Waals surface area (Å²) < 4.78 is 1.52. The van der Waals surface area contributed by atoms with Gasteiger partial charge in [0.2, 0.25) is 0 Å². The number of carbonyl (C=O) groups is 1. The highest BCUT2D eigenvalue weighted by Crippen LogP contribution is 2.14. The lowest BCUT2D eigenvalue weighted by Crippen LogP contribution is -2.35. The van der Waals surface area contributed by atoms with Crippen molar-refractivity contribution in [2.45, 2.75) is 0 Å². The van der Waals surface area contributed by atoms with Gasteiger partial charge in [-0.15, -0.1) is 0 Å². The number of halogens is 1. The Morgan fingerprint density at radius 3 is 2.06 bits per heavy atom. The van der Waals surface area contributed by atoms with Crippen LogP contribution >= 0.6 is 16.1 Å². The maximum atomic E-state index is 11.8.